The van der Waals surface area contributed by atoms with Crippen molar-refractivity contribution in [2.75, 3.05) is 30.8 Å². The molecule has 0 fully saturated rings. The van der Waals surface area contributed by atoms with Gasteiger partial charge < -0.3 is 15.4 Å². The van der Waals surface area contributed by atoms with Crippen LogP contribution < -0.4 is 15.4 Å². The number of benzene rings is 2. The highest BCUT2D eigenvalue weighted by Gasteiger charge is 1.98. The minimum Gasteiger partial charge on any atom is -0.497 e. The molecule has 0 saturated carbocycles. The first-order valence-electron chi connectivity index (χ1n) is 6.88. The Labute approximate surface area is 121 Å². The molecule has 0 bridgehead atoms. The first-order valence-corrected chi connectivity index (χ1v) is 6.88. The average molecular weight is 270 g/mol. The van der Waals surface area contributed by atoms with Gasteiger partial charge in [0.1, 0.15) is 5.75 Å². The maximum Gasteiger partial charge on any atom is 0.119 e. The maximum atomic E-state index is 5.14. The van der Waals surface area contributed by atoms with Gasteiger partial charge in [0.05, 0.1) is 7.11 Å². The largest absolute Gasteiger partial charge is 0.497 e. The lowest BCUT2D eigenvalue weighted by atomic mass is 10.1. The van der Waals surface area contributed by atoms with E-state index in [1.165, 1.54) is 16.8 Å². The SMILES string of the molecule is COc1ccc(NCCNc2cc(C)ccc2C)cc1. The van der Waals surface area contributed by atoms with Gasteiger partial charge in [0.15, 0.2) is 0 Å². The molecule has 0 aliphatic heterocycles. The molecular weight excluding hydrogens is 248 g/mol. The molecule has 3 heteroatoms. The van der Waals surface area contributed by atoms with E-state index in [-0.39, 0.29) is 0 Å². The molecule has 0 radical (unpaired) electrons. The zero-order valence-electron chi connectivity index (χ0n) is 12.4. The van der Waals surface area contributed by atoms with Crippen LogP contribution in [0.4, 0.5) is 11.4 Å². The predicted molar refractivity (Wildman–Crippen MR) is 85.9 cm³/mol. The summed E-state index contributed by atoms with van der Waals surface area (Å²) in [7, 11) is 1.68. The minimum atomic E-state index is 0.875. The zero-order valence-corrected chi connectivity index (χ0v) is 12.4. The van der Waals surface area contributed by atoms with Crippen LogP contribution in [0.25, 0.3) is 0 Å². The molecule has 0 heterocycles. The van der Waals surface area contributed by atoms with Gasteiger partial charge >= 0.3 is 0 Å². The summed E-state index contributed by atoms with van der Waals surface area (Å²) in [5.74, 6) is 0.879. The smallest absolute Gasteiger partial charge is 0.119 e. The van der Waals surface area contributed by atoms with E-state index in [1.54, 1.807) is 7.11 Å². The molecular formula is C17H22N2O. The number of anilines is 2. The molecule has 0 spiro atoms. The molecule has 3 nitrogen and oxygen atoms in total. The first-order chi connectivity index (χ1) is 9.69. The molecule has 2 rings (SSSR count). The summed E-state index contributed by atoms with van der Waals surface area (Å²) in [6.07, 6.45) is 0. The normalized spacial score (nSPS) is 10.2. The molecule has 0 aliphatic rings. The van der Waals surface area contributed by atoms with E-state index in [1.807, 2.05) is 24.3 Å². The minimum absolute atomic E-state index is 0.875. The molecule has 0 atom stereocenters. The molecule has 0 saturated heterocycles. The first kappa shape index (κ1) is 14.3. The molecule has 20 heavy (non-hydrogen) atoms. The van der Waals surface area contributed by atoms with Crippen LogP contribution in [0.2, 0.25) is 0 Å². The van der Waals surface area contributed by atoms with Crippen LogP contribution in [0.1, 0.15) is 11.1 Å². The number of hydrogen-bond acceptors (Lipinski definition) is 3. The van der Waals surface area contributed by atoms with Crippen LogP contribution in [-0.4, -0.2) is 20.2 Å². The molecule has 0 amide bonds. The Hall–Kier alpha value is -2.16. The lowest BCUT2D eigenvalue weighted by Gasteiger charge is -2.12. The lowest BCUT2D eigenvalue weighted by Crippen LogP contribution is -2.14. The summed E-state index contributed by atoms with van der Waals surface area (Å²) in [6.45, 7) is 5.99. The molecule has 0 aromatic heterocycles. The number of rotatable bonds is 6. The fourth-order valence-corrected chi connectivity index (χ4v) is 2.04. The number of nitrogens with one attached hydrogen (secondary N) is 2. The van der Waals surface area contributed by atoms with Crippen LogP contribution in [0.3, 0.4) is 0 Å². The highest BCUT2D eigenvalue weighted by atomic mass is 16.5. The number of methoxy groups -OCH3 is 1. The predicted octanol–water partition coefficient (Wildman–Crippen LogP) is 3.84. The van der Waals surface area contributed by atoms with Gasteiger partial charge in [0.2, 0.25) is 0 Å². The number of aryl methyl sites for hydroxylation is 2. The van der Waals surface area contributed by atoms with E-state index < -0.39 is 0 Å². The molecule has 2 aromatic rings. The second-order valence-corrected chi connectivity index (χ2v) is 4.90. The van der Waals surface area contributed by atoms with Crippen molar-refractivity contribution < 1.29 is 4.74 Å². The number of hydrogen-bond donors (Lipinski definition) is 2. The third-order valence-electron chi connectivity index (χ3n) is 3.25. The van der Waals surface area contributed by atoms with Crippen LogP contribution in [0.5, 0.6) is 5.75 Å². The zero-order chi connectivity index (χ0) is 14.4. The second-order valence-electron chi connectivity index (χ2n) is 4.90. The van der Waals surface area contributed by atoms with E-state index in [0.29, 0.717) is 0 Å². The number of ether oxygens (including phenoxy) is 1. The van der Waals surface area contributed by atoms with Crippen molar-refractivity contribution >= 4 is 11.4 Å². The van der Waals surface area contributed by atoms with Crippen molar-refractivity contribution in [2.45, 2.75) is 13.8 Å². The van der Waals surface area contributed by atoms with E-state index in [0.717, 1.165) is 24.5 Å². The molecule has 106 valence electrons. The van der Waals surface area contributed by atoms with Gasteiger partial charge in [-0.05, 0) is 55.3 Å². The molecule has 2 N–H and O–H groups in total. The fraction of sp³-hybridized carbons (Fsp3) is 0.294. The highest BCUT2D eigenvalue weighted by Crippen LogP contribution is 2.16. The maximum absolute atomic E-state index is 5.14. The lowest BCUT2D eigenvalue weighted by molar-refractivity contribution is 0.415. The van der Waals surface area contributed by atoms with Crippen LogP contribution >= 0.6 is 0 Å². The van der Waals surface area contributed by atoms with Crippen LogP contribution in [0.15, 0.2) is 42.5 Å². The Balaban J connectivity index is 1.79. The van der Waals surface area contributed by atoms with Crippen molar-refractivity contribution in [3.63, 3.8) is 0 Å². The summed E-state index contributed by atoms with van der Waals surface area (Å²) in [5.41, 5.74) is 4.87. The third-order valence-corrected chi connectivity index (χ3v) is 3.25. The Morgan fingerprint density at radius 1 is 0.900 bits per heavy atom. The second kappa shape index (κ2) is 6.85. The third kappa shape index (κ3) is 3.92. The Morgan fingerprint density at radius 2 is 1.60 bits per heavy atom. The van der Waals surface area contributed by atoms with Gasteiger partial charge in [-0.3, -0.25) is 0 Å². The van der Waals surface area contributed by atoms with Crippen LogP contribution in [-0.2, 0) is 0 Å². The summed E-state index contributed by atoms with van der Waals surface area (Å²) < 4.78 is 5.14. The van der Waals surface area contributed by atoms with Gasteiger partial charge in [-0.2, -0.15) is 0 Å². The quantitative estimate of drug-likeness (QED) is 0.783. The monoisotopic (exact) mass is 270 g/mol. The molecule has 0 aliphatic carbocycles. The molecule has 2 aromatic carbocycles. The summed E-state index contributed by atoms with van der Waals surface area (Å²) >= 11 is 0. The average Bonchev–Trinajstić information content (AvgIpc) is 2.47. The van der Waals surface area contributed by atoms with Crippen molar-refractivity contribution in [2.24, 2.45) is 0 Å². The van der Waals surface area contributed by atoms with E-state index >= 15 is 0 Å². The standard InChI is InChI=1S/C17H22N2O/c1-13-4-5-14(2)17(12-13)19-11-10-18-15-6-8-16(20-3)9-7-15/h4-9,12,18-19H,10-11H2,1-3H3. The van der Waals surface area contributed by atoms with Crippen molar-refractivity contribution in [1.29, 1.82) is 0 Å². The Morgan fingerprint density at radius 3 is 2.30 bits per heavy atom. The van der Waals surface area contributed by atoms with Gasteiger partial charge in [-0.25, -0.2) is 0 Å². The topological polar surface area (TPSA) is 33.3 Å². The van der Waals surface area contributed by atoms with E-state index in [4.69, 9.17) is 4.74 Å². The molecule has 0 unspecified atom stereocenters. The van der Waals surface area contributed by atoms with Gasteiger partial charge in [0.25, 0.3) is 0 Å². The Bertz CT molecular complexity index is 549. The van der Waals surface area contributed by atoms with Gasteiger partial charge in [-0.15, -0.1) is 0 Å². The van der Waals surface area contributed by atoms with Crippen molar-refractivity contribution in [3.8, 4) is 5.75 Å². The van der Waals surface area contributed by atoms with Crippen molar-refractivity contribution in [1.82, 2.24) is 0 Å². The van der Waals surface area contributed by atoms with Crippen molar-refractivity contribution in [3.05, 3.63) is 53.6 Å². The highest BCUT2D eigenvalue weighted by molar-refractivity contribution is 5.53. The van der Waals surface area contributed by atoms with E-state index in [9.17, 15) is 0 Å². The summed E-state index contributed by atoms with van der Waals surface area (Å²) in [5, 5.41) is 6.84. The van der Waals surface area contributed by atoms with Gasteiger partial charge in [-0.1, -0.05) is 12.1 Å². The summed E-state index contributed by atoms with van der Waals surface area (Å²) in [4.78, 5) is 0. The van der Waals surface area contributed by atoms with Crippen LogP contribution in [0, 0.1) is 13.8 Å². The van der Waals surface area contributed by atoms with Gasteiger partial charge in [0, 0.05) is 24.5 Å². The van der Waals surface area contributed by atoms with E-state index in [2.05, 4.69) is 42.7 Å². The Kier molecular flexibility index (Phi) is 4.88. The fourth-order valence-electron chi connectivity index (χ4n) is 2.04. The summed E-state index contributed by atoms with van der Waals surface area (Å²) in [6, 6.07) is 14.4.